The fourth-order valence-corrected chi connectivity index (χ4v) is 2.61. The number of furan rings is 1. The van der Waals surface area contributed by atoms with Gasteiger partial charge in [0.1, 0.15) is 17.1 Å². The van der Waals surface area contributed by atoms with E-state index < -0.39 is 0 Å². The Hall–Kier alpha value is -2.55. The molecule has 1 aromatic heterocycles. The molecule has 0 bridgehead atoms. The second-order valence-corrected chi connectivity index (χ2v) is 5.63. The minimum atomic E-state index is -0.0129. The van der Waals surface area contributed by atoms with Gasteiger partial charge in [-0.3, -0.25) is 4.79 Å². The first kappa shape index (κ1) is 15.3. The lowest BCUT2D eigenvalue weighted by Gasteiger charge is -2.03. The lowest BCUT2D eigenvalue weighted by atomic mass is 10.0. The molecule has 0 aliphatic heterocycles. The average molecular weight is 308 g/mol. The highest BCUT2D eigenvalue weighted by molar-refractivity contribution is 6.10. The highest BCUT2D eigenvalue weighted by Crippen LogP contribution is 2.24. The molecule has 0 saturated heterocycles. The molecule has 0 radical (unpaired) electrons. The Bertz CT molecular complexity index is 813. The molecule has 3 aromatic rings. The molecule has 0 N–H and O–H groups in total. The third-order valence-electron chi connectivity index (χ3n) is 3.96. The van der Waals surface area contributed by atoms with E-state index in [0.29, 0.717) is 11.1 Å². The first-order valence-electron chi connectivity index (χ1n) is 7.92. The summed E-state index contributed by atoms with van der Waals surface area (Å²) in [4.78, 5) is 12.6. The topological polar surface area (TPSA) is 39.4 Å². The lowest BCUT2D eigenvalue weighted by molar-refractivity contribution is 0.103. The molecule has 23 heavy (non-hydrogen) atoms. The lowest BCUT2D eigenvalue weighted by Crippen LogP contribution is -2.00. The number of hydrogen-bond acceptors (Lipinski definition) is 3. The molecule has 3 nitrogen and oxygen atoms in total. The van der Waals surface area contributed by atoms with Crippen molar-refractivity contribution in [3.63, 3.8) is 0 Å². The summed E-state index contributed by atoms with van der Waals surface area (Å²) in [6.45, 7) is 2.16. The maximum atomic E-state index is 12.6. The Morgan fingerprint density at radius 3 is 2.48 bits per heavy atom. The van der Waals surface area contributed by atoms with Crippen molar-refractivity contribution < 1.29 is 13.9 Å². The highest BCUT2D eigenvalue weighted by Gasteiger charge is 2.12. The van der Waals surface area contributed by atoms with E-state index in [2.05, 4.69) is 13.0 Å². The summed E-state index contributed by atoms with van der Waals surface area (Å²) in [5.74, 6) is 1.71. The molecule has 0 aliphatic carbocycles. The van der Waals surface area contributed by atoms with Crippen LogP contribution in [0.2, 0.25) is 0 Å². The molecule has 0 aliphatic rings. The van der Waals surface area contributed by atoms with Gasteiger partial charge >= 0.3 is 0 Å². The normalized spacial score (nSPS) is 10.9. The van der Waals surface area contributed by atoms with Crippen LogP contribution in [0.3, 0.4) is 0 Å². The predicted molar refractivity (Wildman–Crippen MR) is 91.3 cm³/mol. The molecule has 0 unspecified atom stereocenters. The number of unbranched alkanes of at least 4 members (excludes halogenated alkanes) is 1. The van der Waals surface area contributed by atoms with Crippen molar-refractivity contribution in [1.82, 2.24) is 0 Å². The van der Waals surface area contributed by atoms with E-state index in [9.17, 15) is 4.79 Å². The largest absolute Gasteiger partial charge is 0.497 e. The summed E-state index contributed by atoms with van der Waals surface area (Å²) in [6.07, 6.45) is 3.18. The van der Waals surface area contributed by atoms with Crippen LogP contribution in [-0.2, 0) is 6.42 Å². The highest BCUT2D eigenvalue weighted by atomic mass is 16.5. The summed E-state index contributed by atoms with van der Waals surface area (Å²) in [7, 11) is 1.61. The Labute approximate surface area is 135 Å². The van der Waals surface area contributed by atoms with E-state index in [4.69, 9.17) is 9.15 Å². The predicted octanol–water partition coefficient (Wildman–Crippen LogP) is 5.02. The van der Waals surface area contributed by atoms with E-state index in [1.165, 1.54) is 0 Å². The number of benzene rings is 2. The number of ketones is 1. The van der Waals surface area contributed by atoms with Gasteiger partial charge in [0.2, 0.25) is 0 Å². The van der Waals surface area contributed by atoms with Gasteiger partial charge in [0, 0.05) is 22.9 Å². The van der Waals surface area contributed by atoms with Crippen LogP contribution < -0.4 is 4.74 Å². The molecule has 0 fully saturated rings. The number of fused-ring (bicyclic) bond motifs is 1. The van der Waals surface area contributed by atoms with Crippen molar-refractivity contribution in [1.29, 1.82) is 0 Å². The molecule has 118 valence electrons. The minimum absolute atomic E-state index is 0.0129. The standard InChI is InChI=1S/C20H20O3/c1-3-4-5-18-12-15-6-7-16(13-19(15)23-18)20(21)14-8-10-17(22-2)11-9-14/h6-13H,3-5H2,1-2H3. The molecule has 3 rings (SSSR count). The minimum Gasteiger partial charge on any atom is -0.497 e. The molecule has 0 saturated carbocycles. The van der Waals surface area contributed by atoms with Crippen LogP contribution in [0.25, 0.3) is 11.0 Å². The van der Waals surface area contributed by atoms with Crippen LogP contribution >= 0.6 is 0 Å². The summed E-state index contributed by atoms with van der Waals surface area (Å²) >= 11 is 0. The molecular weight excluding hydrogens is 288 g/mol. The average Bonchev–Trinajstić information content (AvgIpc) is 3.01. The third kappa shape index (κ3) is 3.29. The second kappa shape index (κ2) is 6.69. The zero-order chi connectivity index (χ0) is 16.2. The number of ether oxygens (including phenoxy) is 1. The van der Waals surface area contributed by atoms with Gasteiger partial charge in [-0.15, -0.1) is 0 Å². The molecule has 0 spiro atoms. The summed E-state index contributed by atoms with van der Waals surface area (Å²) in [6, 6.07) is 14.8. The molecular formula is C20H20O3. The zero-order valence-corrected chi connectivity index (χ0v) is 13.5. The molecule has 0 atom stereocenters. The number of methoxy groups -OCH3 is 1. The van der Waals surface area contributed by atoms with Gasteiger partial charge in [0.05, 0.1) is 7.11 Å². The number of rotatable bonds is 6. The van der Waals surface area contributed by atoms with Crippen molar-refractivity contribution in [3.05, 3.63) is 65.4 Å². The Kier molecular flexibility index (Phi) is 4.47. The maximum absolute atomic E-state index is 12.6. The van der Waals surface area contributed by atoms with E-state index in [1.54, 1.807) is 31.4 Å². The summed E-state index contributed by atoms with van der Waals surface area (Å²) < 4.78 is 11.0. The SMILES string of the molecule is CCCCc1cc2ccc(C(=O)c3ccc(OC)cc3)cc2o1. The molecule has 2 aromatic carbocycles. The number of carbonyl (C=O) groups excluding carboxylic acids is 1. The first-order valence-corrected chi connectivity index (χ1v) is 7.92. The monoisotopic (exact) mass is 308 g/mol. The zero-order valence-electron chi connectivity index (χ0n) is 13.5. The second-order valence-electron chi connectivity index (χ2n) is 5.63. The Balaban J connectivity index is 1.87. The van der Waals surface area contributed by atoms with Gasteiger partial charge in [-0.1, -0.05) is 25.5 Å². The smallest absolute Gasteiger partial charge is 0.193 e. The van der Waals surface area contributed by atoms with Gasteiger partial charge in [-0.25, -0.2) is 0 Å². The van der Waals surface area contributed by atoms with Gasteiger partial charge in [-0.05, 0) is 42.8 Å². The Morgan fingerprint density at radius 1 is 1.04 bits per heavy atom. The van der Waals surface area contributed by atoms with Crippen LogP contribution in [0, 0.1) is 0 Å². The molecule has 1 heterocycles. The van der Waals surface area contributed by atoms with Crippen molar-refractivity contribution in [3.8, 4) is 5.75 Å². The fourth-order valence-electron chi connectivity index (χ4n) is 2.61. The van der Waals surface area contributed by atoms with Crippen molar-refractivity contribution in [2.24, 2.45) is 0 Å². The fraction of sp³-hybridized carbons (Fsp3) is 0.250. The van der Waals surface area contributed by atoms with Gasteiger partial charge in [0.15, 0.2) is 5.78 Å². The third-order valence-corrected chi connectivity index (χ3v) is 3.96. The van der Waals surface area contributed by atoms with E-state index in [-0.39, 0.29) is 5.78 Å². The van der Waals surface area contributed by atoms with Gasteiger partial charge in [0.25, 0.3) is 0 Å². The van der Waals surface area contributed by atoms with Gasteiger partial charge in [-0.2, -0.15) is 0 Å². The van der Waals surface area contributed by atoms with Crippen LogP contribution in [0.4, 0.5) is 0 Å². The van der Waals surface area contributed by atoms with E-state index in [1.807, 2.05) is 18.2 Å². The molecule has 3 heteroatoms. The summed E-state index contributed by atoms with van der Waals surface area (Å²) in [5.41, 5.74) is 2.05. The van der Waals surface area contributed by atoms with Crippen LogP contribution in [-0.4, -0.2) is 12.9 Å². The first-order chi connectivity index (χ1) is 11.2. The number of carbonyl (C=O) groups is 1. The van der Waals surface area contributed by atoms with Crippen molar-refractivity contribution >= 4 is 16.8 Å². The Morgan fingerprint density at radius 2 is 1.78 bits per heavy atom. The van der Waals surface area contributed by atoms with Crippen molar-refractivity contribution in [2.75, 3.05) is 7.11 Å². The maximum Gasteiger partial charge on any atom is 0.193 e. The van der Waals surface area contributed by atoms with Gasteiger partial charge < -0.3 is 9.15 Å². The summed E-state index contributed by atoms with van der Waals surface area (Å²) in [5, 5.41) is 1.04. The van der Waals surface area contributed by atoms with Crippen molar-refractivity contribution in [2.45, 2.75) is 26.2 Å². The quantitative estimate of drug-likeness (QED) is 0.601. The number of hydrogen-bond donors (Lipinski definition) is 0. The van der Waals surface area contributed by atoms with Crippen LogP contribution in [0.15, 0.2) is 52.9 Å². The number of aryl methyl sites for hydroxylation is 1. The van der Waals surface area contributed by atoms with Crippen LogP contribution in [0.5, 0.6) is 5.75 Å². The van der Waals surface area contributed by atoms with E-state index in [0.717, 1.165) is 41.7 Å². The molecule has 0 amide bonds. The van der Waals surface area contributed by atoms with E-state index >= 15 is 0 Å². The van der Waals surface area contributed by atoms with Crippen LogP contribution in [0.1, 0.15) is 41.4 Å².